The monoisotopic (exact) mass is 593 g/mol. The van der Waals surface area contributed by atoms with Gasteiger partial charge in [0.05, 0.1) is 29.6 Å². The lowest BCUT2D eigenvalue weighted by Crippen LogP contribution is -2.55. The summed E-state index contributed by atoms with van der Waals surface area (Å²) in [5.41, 5.74) is 1.40. The van der Waals surface area contributed by atoms with Gasteiger partial charge in [0.25, 0.3) is 5.91 Å². The Hall–Kier alpha value is -3.76. The minimum absolute atomic E-state index is 0.0836. The molecule has 0 N–H and O–H groups in total. The van der Waals surface area contributed by atoms with Crippen molar-refractivity contribution in [2.45, 2.75) is 37.4 Å². The van der Waals surface area contributed by atoms with Crippen molar-refractivity contribution in [2.75, 3.05) is 32.5 Å². The van der Waals surface area contributed by atoms with E-state index in [0.29, 0.717) is 48.2 Å². The molecule has 0 spiro atoms. The minimum atomic E-state index is -0.0927. The highest BCUT2D eigenvalue weighted by Gasteiger charge is 2.30. The highest BCUT2D eigenvalue weighted by Crippen LogP contribution is 2.30. The van der Waals surface area contributed by atoms with Crippen molar-refractivity contribution in [3.8, 4) is 23.0 Å². The van der Waals surface area contributed by atoms with Crippen molar-refractivity contribution in [1.29, 1.82) is 0 Å². The van der Waals surface area contributed by atoms with Crippen molar-refractivity contribution in [3.63, 3.8) is 0 Å². The molecule has 214 valence electrons. The first kappa shape index (κ1) is 28.8. The summed E-state index contributed by atoms with van der Waals surface area (Å²) in [6.45, 7) is 3.51. The Morgan fingerprint density at radius 3 is 2.56 bits per heavy atom. The van der Waals surface area contributed by atoms with Crippen LogP contribution in [0.15, 0.2) is 76.5 Å². The van der Waals surface area contributed by atoms with Crippen LogP contribution in [-0.2, 0) is 4.79 Å². The van der Waals surface area contributed by atoms with Gasteiger partial charge in [-0.25, -0.2) is 0 Å². The van der Waals surface area contributed by atoms with E-state index in [2.05, 4.69) is 10.2 Å². The number of amides is 2. The lowest BCUT2D eigenvalue weighted by molar-refractivity contribution is -0.133. The molecule has 3 heterocycles. The number of hydrogen-bond donors (Lipinski definition) is 0. The molecule has 0 saturated carbocycles. The standard InChI is InChI=1S/C30H32ClN5O4S/c1-21-20-34(16-17-35(21)29(38)24-8-3-4-9-25(24)31)27(37)11-5-6-19-41-30-33-32-28(26-10-7-18-40-26)36(30)22-12-14-23(39-2)15-13-22/h3-4,7-10,12-15,18,21H,5-6,11,16-17,19-20H2,1-2H3. The highest BCUT2D eigenvalue weighted by atomic mass is 35.5. The number of methoxy groups -OCH3 is 1. The Labute approximate surface area is 248 Å². The maximum absolute atomic E-state index is 13.0. The van der Waals surface area contributed by atoms with E-state index in [-0.39, 0.29) is 17.9 Å². The second-order valence-electron chi connectivity index (χ2n) is 9.79. The molecule has 2 aromatic heterocycles. The van der Waals surface area contributed by atoms with E-state index in [4.69, 9.17) is 20.8 Å². The minimum Gasteiger partial charge on any atom is -0.497 e. The third-order valence-corrected chi connectivity index (χ3v) is 8.41. The Morgan fingerprint density at radius 2 is 1.85 bits per heavy atom. The molecule has 0 aliphatic carbocycles. The van der Waals surface area contributed by atoms with Crippen LogP contribution in [0.2, 0.25) is 5.02 Å². The summed E-state index contributed by atoms with van der Waals surface area (Å²) < 4.78 is 12.9. The van der Waals surface area contributed by atoms with Crippen LogP contribution in [-0.4, -0.2) is 74.9 Å². The molecule has 0 radical (unpaired) electrons. The van der Waals surface area contributed by atoms with Crippen LogP contribution in [0.4, 0.5) is 0 Å². The first-order valence-electron chi connectivity index (χ1n) is 13.6. The van der Waals surface area contributed by atoms with Crippen LogP contribution in [0.1, 0.15) is 36.5 Å². The fourth-order valence-corrected chi connectivity index (χ4v) is 6.04. The van der Waals surface area contributed by atoms with Crippen LogP contribution < -0.4 is 4.74 Å². The van der Waals surface area contributed by atoms with Crippen LogP contribution in [0.25, 0.3) is 17.3 Å². The predicted octanol–water partition coefficient (Wildman–Crippen LogP) is 5.82. The number of carbonyl (C=O) groups is 2. The van der Waals surface area contributed by atoms with E-state index in [1.54, 1.807) is 42.2 Å². The Bertz CT molecular complexity index is 1470. The zero-order valence-electron chi connectivity index (χ0n) is 23.0. The van der Waals surface area contributed by atoms with E-state index < -0.39 is 0 Å². The van der Waals surface area contributed by atoms with E-state index >= 15 is 0 Å². The number of carbonyl (C=O) groups excluding carboxylic acids is 2. The number of hydrogen-bond acceptors (Lipinski definition) is 7. The van der Waals surface area contributed by atoms with Gasteiger partial charge in [-0.1, -0.05) is 35.5 Å². The fourth-order valence-electron chi connectivity index (χ4n) is 4.87. The van der Waals surface area contributed by atoms with Gasteiger partial charge in [-0.15, -0.1) is 10.2 Å². The molecule has 1 fully saturated rings. The summed E-state index contributed by atoms with van der Waals surface area (Å²) in [6.07, 6.45) is 3.70. The van der Waals surface area contributed by atoms with Crippen molar-refractivity contribution >= 4 is 35.2 Å². The number of furan rings is 1. The number of nitrogens with zero attached hydrogens (tertiary/aromatic N) is 5. The zero-order chi connectivity index (χ0) is 28.8. The van der Waals surface area contributed by atoms with Gasteiger partial charge in [0, 0.05) is 37.8 Å². The normalized spacial score (nSPS) is 15.2. The van der Waals surface area contributed by atoms with E-state index in [9.17, 15) is 9.59 Å². The molecule has 11 heteroatoms. The SMILES string of the molecule is COc1ccc(-n2c(SCCCCC(=O)N3CCN(C(=O)c4ccccc4Cl)C(C)C3)nnc2-c2ccco2)cc1. The van der Waals surface area contributed by atoms with Crippen molar-refractivity contribution in [1.82, 2.24) is 24.6 Å². The smallest absolute Gasteiger partial charge is 0.255 e. The molecular formula is C30H32ClN5O4S. The molecule has 0 bridgehead atoms. The topological polar surface area (TPSA) is 93.7 Å². The second kappa shape index (κ2) is 13.3. The molecule has 1 saturated heterocycles. The largest absolute Gasteiger partial charge is 0.497 e. The first-order chi connectivity index (χ1) is 20.0. The van der Waals surface area contributed by atoms with E-state index in [1.165, 1.54) is 0 Å². The average Bonchev–Trinajstić information content (AvgIpc) is 3.67. The lowest BCUT2D eigenvalue weighted by atomic mass is 10.1. The quantitative estimate of drug-likeness (QED) is 0.169. The predicted molar refractivity (Wildman–Crippen MR) is 159 cm³/mol. The summed E-state index contributed by atoms with van der Waals surface area (Å²) in [5, 5.41) is 10.0. The van der Waals surface area contributed by atoms with Gasteiger partial charge < -0.3 is 19.0 Å². The molecule has 2 amide bonds. The maximum atomic E-state index is 13.0. The highest BCUT2D eigenvalue weighted by molar-refractivity contribution is 7.99. The number of rotatable bonds is 10. The number of aromatic nitrogens is 3. The van der Waals surface area contributed by atoms with E-state index in [0.717, 1.165) is 35.2 Å². The number of thioether (sulfide) groups is 1. The average molecular weight is 594 g/mol. The number of piperazine rings is 1. The molecular weight excluding hydrogens is 562 g/mol. The molecule has 1 aliphatic rings. The Kier molecular flexibility index (Phi) is 9.31. The Morgan fingerprint density at radius 1 is 1.05 bits per heavy atom. The number of unbranched alkanes of at least 4 members (excludes halogenated alkanes) is 1. The second-order valence-corrected chi connectivity index (χ2v) is 11.3. The van der Waals surface area contributed by atoms with Gasteiger partial charge in [-0.3, -0.25) is 14.2 Å². The van der Waals surface area contributed by atoms with Gasteiger partial charge in [0.1, 0.15) is 5.75 Å². The summed E-state index contributed by atoms with van der Waals surface area (Å²) in [5.74, 6) is 2.84. The van der Waals surface area contributed by atoms with Gasteiger partial charge in [0.15, 0.2) is 10.9 Å². The molecule has 1 aliphatic heterocycles. The van der Waals surface area contributed by atoms with Gasteiger partial charge in [0.2, 0.25) is 11.7 Å². The molecule has 4 aromatic rings. The summed E-state index contributed by atoms with van der Waals surface area (Å²) in [7, 11) is 1.64. The maximum Gasteiger partial charge on any atom is 0.255 e. The first-order valence-corrected chi connectivity index (χ1v) is 14.9. The molecule has 1 atom stereocenters. The van der Waals surface area contributed by atoms with Crippen LogP contribution in [0, 0.1) is 0 Å². The molecule has 1 unspecified atom stereocenters. The summed E-state index contributed by atoms with van der Waals surface area (Å²) in [6, 6.07) is 18.4. The third-order valence-electron chi connectivity index (χ3n) is 7.07. The molecule has 5 rings (SSSR count). The molecule has 2 aromatic carbocycles. The fraction of sp³-hybridized carbons (Fsp3) is 0.333. The molecule has 9 nitrogen and oxygen atoms in total. The number of halogens is 1. The third kappa shape index (κ3) is 6.60. The van der Waals surface area contributed by atoms with Crippen LogP contribution in [0.5, 0.6) is 5.75 Å². The van der Waals surface area contributed by atoms with Crippen LogP contribution >= 0.6 is 23.4 Å². The molecule has 41 heavy (non-hydrogen) atoms. The summed E-state index contributed by atoms with van der Waals surface area (Å²) >= 11 is 7.83. The van der Waals surface area contributed by atoms with Crippen LogP contribution in [0.3, 0.4) is 0 Å². The van der Waals surface area contributed by atoms with Gasteiger partial charge >= 0.3 is 0 Å². The van der Waals surface area contributed by atoms with Gasteiger partial charge in [-0.2, -0.15) is 0 Å². The van der Waals surface area contributed by atoms with Crippen molar-refractivity contribution in [2.24, 2.45) is 0 Å². The Balaban J connectivity index is 1.13. The van der Waals surface area contributed by atoms with Crippen molar-refractivity contribution < 1.29 is 18.7 Å². The number of benzene rings is 2. The van der Waals surface area contributed by atoms with Gasteiger partial charge in [-0.05, 0) is 68.3 Å². The van der Waals surface area contributed by atoms with Crippen molar-refractivity contribution in [3.05, 3.63) is 77.5 Å². The number of ether oxygens (including phenoxy) is 1. The lowest BCUT2D eigenvalue weighted by Gasteiger charge is -2.40. The zero-order valence-corrected chi connectivity index (χ0v) is 24.6. The summed E-state index contributed by atoms with van der Waals surface area (Å²) in [4.78, 5) is 29.6. The van der Waals surface area contributed by atoms with E-state index in [1.807, 2.05) is 64.9 Å².